The molecule has 5 heteroatoms. The molecule has 3 saturated carbocycles. The van der Waals surface area contributed by atoms with E-state index in [4.69, 9.17) is 16.3 Å². The monoisotopic (exact) mass is 387 g/mol. The van der Waals surface area contributed by atoms with Gasteiger partial charge in [-0.2, -0.15) is 0 Å². The molecule has 27 heavy (non-hydrogen) atoms. The van der Waals surface area contributed by atoms with E-state index < -0.39 is 0 Å². The molecule has 6 rings (SSSR count). The molecule has 0 radical (unpaired) electrons. The van der Waals surface area contributed by atoms with Crippen molar-refractivity contribution in [2.24, 2.45) is 46.1 Å². The van der Waals surface area contributed by atoms with Gasteiger partial charge in [0.1, 0.15) is 5.60 Å². The van der Waals surface area contributed by atoms with Gasteiger partial charge in [0.2, 0.25) is 0 Å². The Balaban J connectivity index is 1.41. The Hall–Kier alpha value is -1.29. The average Bonchev–Trinajstić information content (AvgIpc) is 3.30. The van der Waals surface area contributed by atoms with Crippen molar-refractivity contribution in [2.45, 2.75) is 57.5 Å². The maximum Gasteiger partial charge on any atom is 0.306 e. The molecule has 4 fully saturated rings. The Morgan fingerprint density at radius 3 is 2.85 bits per heavy atom. The lowest BCUT2D eigenvalue weighted by Crippen LogP contribution is -2.54. The number of halogens is 1. The summed E-state index contributed by atoms with van der Waals surface area (Å²) in [5.41, 5.74) is 1.74. The number of nitrogens with zero attached hydrogens (tertiary/aromatic N) is 1. The molecule has 3 unspecified atom stereocenters. The van der Waals surface area contributed by atoms with Gasteiger partial charge in [0.05, 0.1) is 10.7 Å². The Bertz CT molecular complexity index is 831. The van der Waals surface area contributed by atoms with Crippen molar-refractivity contribution in [1.82, 2.24) is 0 Å². The molecule has 144 valence electrons. The zero-order chi connectivity index (χ0) is 18.6. The average molecular weight is 388 g/mol. The molecule has 1 N–H and O–H groups in total. The number of carbonyl (C=O) groups is 1. The molecule has 1 spiro atoms. The van der Waals surface area contributed by atoms with Crippen molar-refractivity contribution in [1.29, 1.82) is 0 Å². The number of oxime groups is 1. The fourth-order valence-electron chi connectivity index (χ4n) is 8.16. The maximum absolute atomic E-state index is 12.1. The third kappa shape index (κ3) is 1.86. The van der Waals surface area contributed by atoms with Crippen LogP contribution in [0.1, 0.15) is 51.9 Å². The van der Waals surface area contributed by atoms with Gasteiger partial charge in [-0.3, -0.25) is 4.79 Å². The van der Waals surface area contributed by atoms with Gasteiger partial charge in [0, 0.05) is 17.8 Å². The molecular formula is C22H26ClNO3. The molecular weight excluding hydrogens is 362 g/mol. The van der Waals surface area contributed by atoms with E-state index >= 15 is 0 Å². The molecule has 1 aliphatic heterocycles. The number of fused-ring (bicyclic) bond motifs is 9. The Labute approximate surface area is 164 Å². The summed E-state index contributed by atoms with van der Waals surface area (Å²) in [5.74, 6) is 3.60. The predicted octanol–water partition coefficient (Wildman–Crippen LogP) is 4.66. The van der Waals surface area contributed by atoms with Crippen molar-refractivity contribution >= 4 is 23.3 Å². The number of carbonyl (C=O) groups excluding carboxylic acids is 1. The van der Waals surface area contributed by atoms with Crippen molar-refractivity contribution in [3.63, 3.8) is 0 Å². The van der Waals surface area contributed by atoms with E-state index in [1.54, 1.807) is 0 Å². The van der Waals surface area contributed by atoms with Gasteiger partial charge in [0.15, 0.2) is 0 Å². The SMILES string of the molecule is C[C@]12CCC3C(C=CC4=C(Cl)/C(=N/O)CC[C@@H]43)C1[C@H]1C[C@H]1[C@@]21CCC(=O)O1. The van der Waals surface area contributed by atoms with Gasteiger partial charge in [0.25, 0.3) is 0 Å². The molecule has 1 heterocycles. The minimum absolute atomic E-state index is 0.0175. The summed E-state index contributed by atoms with van der Waals surface area (Å²) >= 11 is 6.56. The lowest BCUT2D eigenvalue weighted by atomic mass is 9.50. The van der Waals surface area contributed by atoms with E-state index in [-0.39, 0.29) is 17.0 Å². The molecule has 0 amide bonds. The minimum atomic E-state index is -0.185. The molecule has 8 atom stereocenters. The molecule has 0 aromatic rings. The van der Waals surface area contributed by atoms with Gasteiger partial charge >= 0.3 is 5.97 Å². The summed E-state index contributed by atoms with van der Waals surface area (Å²) < 4.78 is 6.13. The zero-order valence-electron chi connectivity index (χ0n) is 15.7. The van der Waals surface area contributed by atoms with Crippen LogP contribution in [0.15, 0.2) is 27.9 Å². The third-order valence-corrected chi connectivity index (χ3v) is 9.68. The van der Waals surface area contributed by atoms with Crippen molar-refractivity contribution in [3.05, 3.63) is 22.8 Å². The largest absolute Gasteiger partial charge is 0.458 e. The second-order valence-corrected chi connectivity index (χ2v) is 10.3. The first-order valence-corrected chi connectivity index (χ1v) is 10.9. The highest BCUT2D eigenvalue weighted by Crippen LogP contribution is 2.78. The highest BCUT2D eigenvalue weighted by atomic mass is 35.5. The van der Waals surface area contributed by atoms with Crippen LogP contribution in [0, 0.1) is 40.9 Å². The maximum atomic E-state index is 12.1. The summed E-state index contributed by atoms with van der Waals surface area (Å²) in [6.07, 6.45) is 11.5. The van der Waals surface area contributed by atoms with E-state index in [9.17, 15) is 10.0 Å². The third-order valence-electron chi connectivity index (χ3n) is 9.24. The number of hydrogen-bond acceptors (Lipinski definition) is 4. The normalized spacial score (nSPS) is 53.9. The molecule has 0 aromatic heterocycles. The first kappa shape index (κ1) is 16.6. The molecule has 0 aromatic carbocycles. The second-order valence-electron chi connectivity index (χ2n) is 9.91. The molecule has 4 nitrogen and oxygen atoms in total. The fraction of sp³-hybridized carbons (Fsp3) is 0.727. The standard InChI is InChI=1S/C22H26ClNO3/c1-21-8-6-12-11-4-5-17(24-26)20(23)14(11)3-2-13(12)19(21)15-10-16(15)22(21)9-7-18(25)27-22/h2-3,11-13,15-16,19,26H,4-10H2,1H3/b24-17+/t11-,12?,13?,15+,16-,19?,21+,22+/m1/s1. The molecule has 5 aliphatic carbocycles. The number of rotatable bonds is 0. The summed E-state index contributed by atoms with van der Waals surface area (Å²) in [4.78, 5) is 12.1. The molecule has 1 saturated heterocycles. The van der Waals surface area contributed by atoms with Crippen LogP contribution in [0.5, 0.6) is 0 Å². The first-order valence-electron chi connectivity index (χ1n) is 10.5. The number of allylic oxidation sites excluding steroid dienone is 4. The molecule has 0 bridgehead atoms. The lowest BCUT2D eigenvalue weighted by molar-refractivity contribution is -0.171. The van der Waals surface area contributed by atoms with Gasteiger partial charge in [-0.05, 0) is 73.7 Å². The van der Waals surface area contributed by atoms with E-state index in [1.807, 2.05) is 0 Å². The van der Waals surface area contributed by atoms with Crippen molar-refractivity contribution in [2.75, 3.05) is 0 Å². The van der Waals surface area contributed by atoms with E-state index in [0.29, 0.717) is 46.8 Å². The van der Waals surface area contributed by atoms with Gasteiger partial charge in [-0.15, -0.1) is 0 Å². The highest BCUT2D eigenvalue weighted by Gasteiger charge is 2.78. The van der Waals surface area contributed by atoms with E-state index in [0.717, 1.165) is 31.6 Å². The quantitative estimate of drug-likeness (QED) is 0.373. The van der Waals surface area contributed by atoms with Crippen LogP contribution in [0.3, 0.4) is 0 Å². The molecule has 6 aliphatic rings. The minimum Gasteiger partial charge on any atom is -0.458 e. The van der Waals surface area contributed by atoms with Crippen molar-refractivity contribution in [3.8, 4) is 0 Å². The van der Waals surface area contributed by atoms with Crippen LogP contribution in [0.2, 0.25) is 0 Å². The van der Waals surface area contributed by atoms with Gasteiger partial charge in [-0.25, -0.2) is 0 Å². The number of ether oxygens (including phenoxy) is 1. The van der Waals surface area contributed by atoms with Crippen LogP contribution in [0.25, 0.3) is 0 Å². The highest BCUT2D eigenvalue weighted by molar-refractivity contribution is 6.44. The van der Waals surface area contributed by atoms with Crippen molar-refractivity contribution < 1.29 is 14.7 Å². The van der Waals surface area contributed by atoms with Gasteiger partial charge in [-0.1, -0.05) is 35.8 Å². The van der Waals surface area contributed by atoms with Crippen LogP contribution in [0.4, 0.5) is 0 Å². The van der Waals surface area contributed by atoms with Crippen LogP contribution < -0.4 is 0 Å². The summed E-state index contributed by atoms with van der Waals surface area (Å²) in [7, 11) is 0. The lowest BCUT2D eigenvalue weighted by Gasteiger charge is -2.55. The van der Waals surface area contributed by atoms with E-state index in [1.165, 1.54) is 18.4 Å². The van der Waals surface area contributed by atoms with Crippen LogP contribution >= 0.6 is 11.6 Å². The predicted molar refractivity (Wildman–Crippen MR) is 101 cm³/mol. The van der Waals surface area contributed by atoms with Crippen LogP contribution in [-0.4, -0.2) is 22.5 Å². The number of hydrogen-bond donors (Lipinski definition) is 1. The van der Waals surface area contributed by atoms with E-state index in [2.05, 4.69) is 24.2 Å². The van der Waals surface area contributed by atoms with Crippen LogP contribution in [-0.2, 0) is 9.53 Å². The summed E-state index contributed by atoms with van der Waals surface area (Å²) in [6.45, 7) is 2.42. The topological polar surface area (TPSA) is 58.9 Å². The summed E-state index contributed by atoms with van der Waals surface area (Å²) in [5, 5.41) is 13.3. The Kier molecular flexibility index (Phi) is 3.20. The Morgan fingerprint density at radius 2 is 2.11 bits per heavy atom. The zero-order valence-corrected chi connectivity index (χ0v) is 16.4. The second kappa shape index (κ2) is 5.20. The first-order chi connectivity index (χ1) is 13.0. The summed E-state index contributed by atoms with van der Waals surface area (Å²) in [6, 6.07) is 0. The fourth-order valence-corrected chi connectivity index (χ4v) is 8.50. The smallest absolute Gasteiger partial charge is 0.306 e. The van der Waals surface area contributed by atoms with Gasteiger partial charge < -0.3 is 9.94 Å². The number of esters is 1. The Morgan fingerprint density at radius 1 is 1.26 bits per heavy atom.